The summed E-state index contributed by atoms with van der Waals surface area (Å²) in [6.07, 6.45) is 0. The molecule has 0 N–H and O–H groups in total. The van der Waals surface area contributed by atoms with Gasteiger partial charge in [-0.05, 0) is 60.4 Å². The second-order valence-corrected chi connectivity index (χ2v) is 7.88. The average Bonchev–Trinajstić information content (AvgIpc) is 2.45. The Bertz CT molecular complexity index is 632. The summed E-state index contributed by atoms with van der Waals surface area (Å²) in [6.45, 7) is 4.56. The molecule has 0 bridgehead atoms. The predicted molar refractivity (Wildman–Crippen MR) is 96.3 cm³/mol. The van der Waals surface area contributed by atoms with Gasteiger partial charge in [0.15, 0.2) is 0 Å². The monoisotopic (exact) mass is 446 g/mol. The van der Waals surface area contributed by atoms with Crippen LogP contribution in [0.1, 0.15) is 22.3 Å². The second-order valence-electron chi connectivity index (χ2n) is 4.97. The van der Waals surface area contributed by atoms with Gasteiger partial charge in [0.2, 0.25) is 0 Å². The van der Waals surface area contributed by atoms with Gasteiger partial charge in [-0.25, -0.2) is 0 Å². The number of halogens is 2. The highest BCUT2D eigenvalue weighted by Gasteiger charge is 2.06. The molecule has 0 spiro atoms. The Kier molecular flexibility index (Phi) is 6.85. The largest absolute Gasteiger partial charge is 0.319 e. The first-order chi connectivity index (χ1) is 10.5. The Morgan fingerprint density at radius 1 is 0.864 bits per heavy atom. The molecule has 0 amide bonds. The van der Waals surface area contributed by atoms with Crippen LogP contribution in [0.15, 0.2) is 45.3 Å². The smallest absolute Gasteiger partial charge is 0.306 e. The van der Waals surface area contributed by atoms with E-state index in [0.29, 0.717) is 0 Å². The molecule has 0 atom stereocenters. The first-order valence-electron chi connectivity index (χ1n) is 6.75. The van der Waals surface area contributed by atoms with E-state index in [9.17, 15) is 4.57 Å². The highest BCUT2D eigenvalue weighted by molar-refractivity contribution is 9.10. The van der Waals surface area contributed by atoms with E-state index in [2.05, 4.69) is 31.9 Å². The van der Waals surface area contributed by atoms with Crippen molar-refractivity contribution in [2.24, 2.45) is 0 Å². The number of rotatable bonds is 6. The van der Waals surface area contributed by atoms with E-state index in [0.717, 1.165) is 31.2 Å². The van der Waals surface area contributed by atoms with Gasteiger partial charge in [-0.1, -0.05) is 44.0 Å². The van der Waals surface area contributed by atoms with E-state index >= 15 is 0 Å². The summed E-state index contributed by atoms with van der Waals surface area (Å²) in [7, 11) is -2.51. The van der Waals surface area contributed by atoms with Crippen LogP contribution in [0, 0.1) is 13.8 Å². The van der Waals surface area contributed by atoms with Crippen molar-refractivity contribution in [3.05, 3.63) is 67.6 Å². The Hall–Kier alpha value is -0.450. The lowest BCUT2D eigenvalue weighted by atomic mass is 10.1. The number of hydrogen-bond donors (Lipinski definition) is 0. The zero-order chi connectivity index (χ0) is 16.1. The van der Waals surface area contributed by atoms with E-state index in [4.69, 9.17) is 9.05 Å². The summed E-state index contributed by atoms with van der Waals surface area (Å²) in [5.41, 5.74) is 4.19. The van der Waals surface area contributed by atoms with Crippen LogP contribution in [-0.4, -0.2) is 0 Å². The van der Waals surface area contributed by atoms with Gasteiger partial charge in [0.1, 0.15) is 0 Å². The Labute approximate surface area is 148 Å². The molecule has 0 fully saturated rings. The zero-order valence-corrected chi connectivity index (χ0v) is 16.5. The lowest BCUT2D eigenvalue weighted by molar-refractivity contribution is 0.212. The quantitative estimate of drug-likeness (QED) is 0.513. The maximum atomic E-state index is 11.9. The summed E-state index contributed by atoms with van der Waals surface area (Å²) in [6, 6.07) is 11.8. The van der Waals surface area contributed by atoms with E-state index in [1.807, 2.05) is 50.2 Å². The molecule has 6 heteroatoms. The third-order valence-corrected chi connectivity index (χ3v) is 5.05. The molecule has 0 saturated carbocycles. The number of benzene rings is 2. The molecule has 0 heterocycles. The van der Waals surface area contributed by atoms with Crippen molar-refractivity contribution in [2.75, 3.05) is 0 Å². The number of hydrogen-bond acceptors (Lipinski definition) is 3. The van der Waals surface area contributed by atoms with Crippen molar-refractivity contribution in [1.29, 1.82) is 0 Å². The van der Waals surface area contributed by atoms with Gasteiger partial charge in [0, 0.05) is 8.95 Å². The van der Waals surface area contributed by atoms with E-state index in [1.54, 1.807) is 0 Å². The van der Waals surface area contributed by atoms with Gasteiger partial charge in [-0.2, -0.15) is 0 Å². The van der Waals surface area contributed by atoms with Crippen molar-refractivity contribution in [2.45, 2.75) is 27.1 Å². The minimum atomic E-state index is -2.51. The van der Waals surface area contributed by atoms with Crippen LogP contribution >= 0.6 is 40.1 Å². The molecule has 118 valence electrons. The van der Waals surface area contributed by atoms with Gasteiger partial charge in [0.05, 0.1) is 13.2 Å². The van der Waals surface area contributed by atoms with Crippen molar-refractivity contribution in [3.8, 4) is 0 Å². The maximum absolute atomic E-state index is 11.9. The van der Waals surface area contributed by atoms with Crippen LogP contribution in [0.5, 0.6) is 0 Å². The fourth-order valence-corrected chi connectivity index (χ4v) is 3.54. The van der Waals surface area contributed by atoms with Crippen LogP contribution in [0.3, 0.4) is 0 Å². The van der Waals surface area contributed by atoms with Crippen molar-refractivity contribution >= 4 is 40.1 Å². The van der Waals surface area contributed by atoms with Crippen LogP contribution < -0.4 is 0 Å². The lowest BCUT2D eigenvalue weighted by Crippen LogP contribution is -1.94. The molecule has 0 saturated heterocycles. The average molecular weight is 448 g/mol. The second kappa shape index (κ2) is 8.42. The summed E-state index contributed by atoms with van der Waals surface area (Å²) in [5, 5.41) is 0. The van der Waals surface area contributed by atoms with Gasteiger partial charge >= 0.3 is 8.25 Å². The summed E-state index contributed by atoms with van der Waals surface area (Å²) in [5.74, 6) is 0. The summed E-state index contributed by atoms with van der Waals surface area (Å²) in [4.78, 5) is 0. The molecule has 0 aliphatic carbocycles. The van der Waals surface area contributed by atoms with Crippen LogP contribution in [0.2, 0.25) is 0 Å². The fraction of sp³-hybridized carbons (Fsp3) is 0.250. The Morgan fingerprint density at radius 2 is 1.27 bits per heavy atom. The molecule has 2 aromatic rings. The third-order valence-electron chi connectivity index (χ3n) is 3.30. The summed E-state index contributed by atoms with van der Waals surface area (Å²) < 4.78 is 24.6. The molecule has 3 nitrogen and oxygen atoms in total. The minimum Gasteiger partial charge on any atom is -0.306 e. The third kappa shape index (κ3) is 5.32. The Morgan fingerprint density at radius 3 is 1.64 bits per heavy atom. The van der Waals surface area contributed by atoms with Crippen LogP contribution in [0.25, 0.3) is 0 Å². The first kappa shape index (κ1) is 17.9. The molecular formula is C16H17Br2O3P. The maximum Gasteiger partial charge on any atom is 0.319 e. The molecule has 0 aliphatic rings. The van der Waals surface area contributed by atoms with Gasteiger partial charge < -0.3 is 9.05 Å². The normalized spacial score (nSPS) is 11.1. The Balaban J connectivity index is 1.85. The highest BCUT2D eigenvalue weighted by atomic mass is 79.9. The van der Waals surface area contributed by atoms with E-state index in [-0.39, 0.29) is 13.2 Å². The summed E-state index contributed by atoms with van der Waals surface area (Å²) >= 11 is 6.83. The molecule has 22 heavy (non-hydrogen) atoms. The lowest BCUT2D eigenvalue weighted by Gasteiger charge is -2.10. The van der Waals surface area contributed by atoms with Crippen LogP contribution in [-0.2, 0) is 26.8 Å². The molecule has 2 rings (SSSR count). The molecule has 0 radical (unpaired) electrons. The van der Waals surface area contributed by atoms with E-state index < -0.39 is 8.25 Å². The first-order valence-corrected chi connectivity index (χ1v) is 9.56. The molecule has 0 aliphatic heterocycles. The van der Waals surface area contributed by atoms with Gasteiger partial charge in [0.25, 0.3) is 0 Å². The topological polar surface area (TPSA) is 35.5 Å². The predicted octanol–water partition coefficient (Wildman–Crippen LogP) is 5.95. The zero-order valence-electron chi connectivity index (χ0n) is 12.4. The minimum absolute atomic E-state index is 0.288. The van der Waals surface area contributed by atoms with Gasteiger partial charge in [-0.3, -0.25) is 4.57 Å². The standard InChI is InChI=1S/C16H17Br2O3P/c1-11-7-15(17)5-3-13(11)9-20-22(19)21-10-14-4-6-16(18)8-12(14)2/h3-8,22H,9-10H2,1-2H3. The molecule has 0 aromatic heterocycles. The molecule has 2 aromatic carbocycles. The highest BCUT2D eigenvalue weighted by Crippen LogP contribution is 2.29. The van der Waals surface area contributed by atoms with Crippen molar-refractivity contribution < 1.29 is 13.6 Å². The number of aryl methyl sites for hydroxylation is 2. The SMILES string of the molecule is Cc1cc(Br)ccc1CO[PH](=O)OCc1ccc(Br)cc1C. The van der Waals surface area contributed by atoms with Gasteiger partial charge in [-0.15, -0.1) is 0 Å². The molecular weight excluding hydrogens is 431 g/mol. The van der Waals surface area contributed by atoms with Crippen molar-refractivity contribution in [3.63, 3.8) is 0 Å². The van der Waals surface area contributed by atoms with E-state index in [1.165, 1.54) is 0 Å². The van der Waals surface area contributed by atoms with Crippen molar-refractivity contribution in [1.82, 2.24) is 0 Å². The molecule has 0 unspecified atom stereocenters. The fourth-order valence-electron chi connectivity index (χ4n) is 1.96. The van der Waals surface area contributed by atoms with Crippen LogP contribution in [0.4, 0.5) is 0 Å².